The first kappa shape index (κ1) is 16.6. The molecule has 0 fully saturated rings. The van der Waals surface area contributed by atoms with Crippen LogP contribution < -0.4 is 10.3 Å². The molecular formula is C18H18N4O3. The molecule has 0 atom stereocenters. The fraction of sp³-hybridized carbons (Fsp3) is 0.222. The summed E-state index contributed by atoms with van der Waals surface area (Å²) in [6, 6.07) is 16.3. The maximum absolute atomic E-state index is 12.4. The van der Waals surface area contributed by atoms with Crippen molar-refractivity contribution in [3.63, 3.8) is 0 Å². The highest BCUT2D eigenvalue weighted by Gasteiger charge is 2.13. The summed E-state index contributed by atoms with van der Waals surface area (Å²) in [5, 5.41) is 8.25. The van der Waals surface area contributed by atoms with E-state index < -0.39 is 0 Å². The van der Waals surface area contributed by atoms with Gasteiger partial charge in [-0.1, -0.05) is 35.5 Å². The number of ether oxygens (including phenoxy) is 1. The Hall–Kier alpha value is -3.22. The van der Waals surface area contributed by atoms with Crippen LogP contribution in [0.15, 0.2) is 59.4 Å². The molecule has 0 radical (unpaired) electrons. The number of carbonyl (C=O) groups is 1. The van der Waals surface area contributed by atoms with Gasteiger partial charge in [0.15, 0.2) is 0 Å². The van der Waals surface area contributed by atoms with Gasteiger partial charge in [0, 0.05) is 7.05 Å². The number of rotatable bonds is 6. The number of hydrogen-bond acceptors (Lipinski definition) is 5. The molecule has 1 amide bonds. The molecule has 3 aromatic rings. The van der Waals surface area contributed by atoms with Crippen LogP contribution in [0, 0.1) is 0 Å². The molecule has 0 aliphatic carbocycles. The normalized spacial score (nSPS) is 10.6. The quantitative estimate of drug-likeness (QED) is 0.678. The summed E-state index contributed by atoms with van der Waals surface area (Å²) in [6.45, 7) is 0.618. The largest absolute Gasteiger partial charge is 0.492 e. The number of likely N-dealkylation sites (N-methyl/N-ethyl adjacent to an activating group) is 1. The average molecular weight is 338 g/mol. The molecule has 3 rings (SSSR count). The molecule has 7 nitrogen and oxygen atoms in total. The summed E-state index contributed by atoms with van der Waals surface area (Å²) in [5.74, 6) is 0.517. The molecule has 0 saturated heterocycles. The molecular weight excluding hydrogens is 320 g/mol. The minimum absolute atomic E-state index is 0.154. The number of nitrogens with zero attached hydrogens (tertiary/aromatic N) is 4. The lowest BCUT2D eigenvalue weighted by atomic mass is 10.2. The van der Waals surface area contributed by atoms with Crippen molar-refractivity contribution >= 4 is 16.8 Å². The van der Waals surface area contributed by atoms with E-state index in [9.17, 15) is 9.59 Å². The highest BCUT2D eigenvalue weighted by atomic mass is 16.5. The molecule has 1 aromatic heterocycles. The zero-order chi connectivity index (χ0) is 17.6. The summed E-state index contributed by atoms with van der Waals surface area (Å²) < 4.78 is 6.65. The second-order valence-electron chi connectivity index (χ2n) is 5.55. The van der Waals surface area contributed by atoms with E-state index in [1.54, 1.807) is 31.3 Å². The second-order valence-corrected chi connectivity index (χ2v) is 5.55. The third-order valence-corrected chi connectivity index (χ3v) is 3.78. The molecule has 0 unspecified atom stereocenters. The Morgan fingerprint density at radius 1 is 1.12 bits per heavy atom. The van der Waals surface area contributed by atoms with E-state index in [2.05, 4.69) is 10.3 Å². The van der Waals surface area contributed by atoms with E-state index in [1.807, 2.05) is 30.3 Å². The Morgan fingerprint density at radius 2 is 1.84 bits per heavy atom. The van der Waals surface area contributed by atoms with Crippen LogP contribution >= 0.6 is 0 Å². The van der Waals surface area contributed by atoms with Crippen molar-refractivity contribution < 1.29 is 9.53 Å². The lowest BCUT2D eigenvalue weighted by molar-refractivity contribution is -0.131. The molecule has 128 valence electrons. The van der Waals surface area contributed by atoms with Gasteiger partial charge in [0.1, 0.15) is 24.4 Å². The summed E-state index contributed by atoms with van der Waals surface area (Å²) in [5.41, 5.74) is 0.189. The predicted molar refractivity (Wildman–Crippen MR) is 93.4 cm³/mol. The first-order chi connectivity index (χ1) is 12.1. The second kappa shape index (κ2) is 7.57. The maximum atomic E-state index is 12.4. The zero-order valence-corrected chi connectivity index (χ0v) is 13.8. The van der Waals surface area contributed by atoms with Gasteiger partial charge < -0.3 is 9.64 Å². The van der Waals surface area contributed by atoms with Crippen LogP contribution in [0.1, 0.15) is 0 Å². The van der Waals surface area contributed by atoms with Gasteiger partial charge in [-0.05, 0) is 24.3 Å². The minimum Gasteiger partial charge on any atom is -0.492 e. The molecule has 0 spiro atoms. The van der Waals surface area contributed by atoms with Crippen molar-refractivity contribution in [3.05, 3.63) is 65.0 Å². The van der Waals surface area contributed by atoms with Crippen molar-refractivity contribution in [2.24, 2.45) is 0 Å². The average Bonchev–Trinajstić information content (AvgIpc) is 2.65. The van der Waals surface area contributed by atoms with Crippen LogP contribution in [0.4, 0.5) is 0 Å². The first-order valence-corrected chi connectivity index (χ1v) is 7.89. The van der Waals surface area contributed by atoms with Crippen LogP contribution in [0.3, 0.4) is 0 Å². The Morgan fingerprint density at radius 3 is 2.64 bits per heavy atom. The van der Waals surface area contributed by atoms with Gasteiger partial charge in [-0.2, -0.15) is 0 Å². The summed E-state index contributed by atoms with van der Waals surface area (Å²) in [7, 11) is 1.66. The SMILES string of the molecule is CN(CCOc1ccccc1)C(=O)Cn1nnc2ccccc2c1=O. The van der Waals surface area contributed by atoms with E-state index in [4.69, 9.17) is 4.74 Å². The standard InChI is InChI=1S/C18H18N4O3/c1-21(11-12-25-14-7-3-2-4-8-14)17(23)13-22-18(24)15-9-5-6-10-16(15)19-20-22/h2-10H,11-13H2,1H3. The van der Waals surface area contributed by atoms with Gasteiger partial charge in [-0.3, -0.25) is 9.59 Å². The molecule has 2 aromatic carbocycles. The Bertz CT molecular complexity index is 924. The monoisotopic (exact) mass is 338 g/mol. The fourth-order valence-electron chi connectivity index (χ4n) is 2.32. The number of benzene rings is 2. The highest BCUT2D eigenvalue weighted by Crippen LogP contribution is 2.08. The smallest absolute Gasteiger partial charge is 0.278 e. The number of amides is 1. The summed E-state index contributed by atoms with van der Waals surface area (Å²) in [4.78, 5) is 26.1. The number of aromatic nitrogens is 3. The number of hydrogen-bond donors (Lipinski definition) is 0. The maximum Gasteiger partial charge on any atom is 0.278 e. The first-order valence-electron chi connectivity index (χ1n) is 7.89. The summed E-state index contributed by atoms with van der Waals surface area (Å²) >= 11 is 0. The lowest BCUT2D eigenvalue weighted by Gasteiger charge is -2.17. The van der Waals surface area contributed by atoms with Crippen LogP contribution in [0.25, 0.3) is 10.9 Å². The lowest BCUT2D eigenvalue weighted by Crippen LogP contribution is -2.37. The number of para-hydroxylation sites is 1. The number of fused-ring (bicyclic) bond motifs is 1. The molecule has 7 heteroatoms. The van der Waals surface area contributed by atoms with Gasteiger partial charge in [0.25, 0.3) is 5.56 Å². The van der Waals surface area contributed by atoms with Crippen LogP contribution in [0.5, 0.6) is 5.75 Å². The zero-order valence-electron chi connectivity index (χ0n) is 13.8. The minimum atomic E-state index is -0.326. The Kier molecular flexibility index (Phi) is 5.03. The van der Waals surface area contributed by atoms with Crippen LogP contribution in [0.2, 0.25) is 0 Å². The molecule has 25 heavy (non-hydrogen) atoms. The highest BCUT2D eigenvalue weighted by molar-refractivity contribution is 5.78. The van der Waals surface area contributed by atoms with E-state index in [-0.39, 0.29) is 18.0 Å². The van der Waals surface area contributed by atoms with Gasteiger partial charge in [0.05, 0.1) is 11.9 Å². The summed E-state index contributed by atoms with van der Waals surface area (Å²) in [6.07, 6.45) is 0. The van der Waals surface area contributed by atoms with E-state index in [0.717, 1.165) is 10.4 Å². The molecule has 1 heterocycles. The molecule has 0 N–H and O–H groups in total. The van der Waals surface area contributed by atoms with Gasteiger partial charge >= 0.3 is 0 Å². The van der Waals surface area contributed by atoms with Crippen molar-refractivity contribution in [2.75, 3.05) is 20.2 Å². The van der Waals surface area contributed by atoms with Crippen molar-refractivity contribution in [1.82, 2.24) is 19.9 Å². The molecule has 0 bridgehead atoms. The molecule has 0 saturated carbocycles. The van der Waals surface area contributed by atoms with E-state index >= 15 is 0 Å². The third-order valence-electron chi connectivity index (χ3n) is 3.78. The van der Waals surface area contributed by atoms with Crippen molar-refractivity contribution in [1.29, 1.82) is 0 Å². The molecule has 0 aliphatic rings. The van der Waals surface area contributed by atoms with Gasteiger partial charge in [-0.25, -0.2) is 4.68 Å². The Balaban J connectivity index is 1.60. The Labute approximate surface area is 144 Å². The van der Waals surface area contributed by atoms with Gasteiger partial charge in [0.2, 0.25) is 5.91 Å². The van der Waals surface area contributed by atoms with Crippen molar-refractivity contribution in [3.8, 4) is 5.75 Å². The topological polar surface area (TPSA) is 77.3 Å². The van der Waals surface area contributed by atoms with Gasteiger partial charge in [-0.15, -0.1) is 5.10 Å². The predicted octanol–water partition coefficient (Wildman–Crippen LogP) is 1.33. The fourth-order valence-corrected chi connectivity index (χ4v) is 2.32. The molecule has 0 aliphatic heterocycles. The van der Waals surface area contributed by atoms with Crippen molar-refractivity contribution in [2.45, 2.75) is 6.54 Å². The van der Waals surface area contributed by atoms with Crippen LogP contribution in [-0.4, -0.2) is 46.0 Å². The van der Waals surface area contributed by atoms with E-state index in [0.29, 0.717) is 24.1 Å². The third kappa shape index (κ3) is 4.00. The van der Waals surface area contributed by atoms with E-state index in [1.165, 1.54) is 4.90 Å². The van der Waals surface area contributed by atoms with Crippen LogP contribution in [-0.2, 0) is 11.3 Å². The number of carbonyl (C=O) groups excluding carboxylic acids is 1.